The topological polar surface area (TPSA) is 74.3 Å². The molecule has 0 saturated heterocycles. The molecule has 0 fully saturated rings. The summed E-state index contributed by atoms with van der Waals surface area (Å²) in [5, 5.41) is 0. The fourth-order valence-corrected chi connectivity index (χ4v) is 3.92. The van der Waals surface area contributed by atoms with E-state index in [0.717, 1.165) is 17.4 Å². The van der Waals surface area contributed by atoms with Crippen LogP contribution in [0.15, 0.2) is 78.9 Å². The van der Waals surface area contributed by atoms with E-state index in [1.165, 1.54) is 16.7 Å². The Morgan fingerprint density at radius 3 is 1.48 bits per heavy atom. The quantitative estimate of drug-likeness (QED) is 0.396. The van der Waals surface area contributed by atoms with Gasteiger partial charge in [-0.05, 0) is 26.3 Å². The molecule has 3 aromatic rings. The van der Waals surface area contributed by atoms with Gasteiger partial charge in [0.2, 0.25) is 0 Å². The van der Waals surface area contributed by atoms with Crippen LogP contribution in [0.3, 0.4) is 0 Å². The summed E-state index contributed by atoms with van der Waals surface area (Å²) in [7, 11) is 1.09. The van der Waals surface area contributed by atoms with Gasteiger partial charge in [0.15, 0.2) is 0 Å². The van der Waals surface area contributed by atoms with Crippen molar-refractivity contribution in [2.75, 3.05) is 6.26 Å². The molecule has 0 spiro atoms. The molecule has 0 amide bonds. The van der Waals surface area contributed by atoms with Gasteiger partial charge in [-0.1, -0.05) is 107 Å². The van der Waals surface area contributed by atoms with Crippen molar-refractivity contribution in [1.82, 2.24) is 0 Å². The third-order valence-electron chi connectivity index (χ3n) is 4.34. The first-order chi connectivity index (χ1) is 14.7. The summed E-state index contributed by atoms with van der Waals surface area (Å²) in [5.74, 6) is 0. The van der Waals surface area contributed by atoms with Crippen LogP contribution in [0.1, 0.15) is 39.9 Å². The third kappa shape index (κ3) is 10.5. The van der Waals surface area contributed by atoms with Gasteiger partial charge in [0.25, 0.3) is 0 Å². The van der Waals surface area contributed by atoms with E-state index in [0.29, 0.717) is 0 Å². The van der Waals surface area contributed by atoms with Crippen LogP contribution in [0.4, 0.5) is 0 Å². The van der Waals surface area contributed by atoms with Gasteiger partial charge in [-0.25, -0.2) is 8.42 Å². The first kappa shape index (κ1) is 27.5. The predicted molar refractivity (Wildman–Crippen MR) is 127 cm³/mol. The van der Waals surface area contributed by atoms with Crippen LogP contribution in [0.25, 0.3) is 4.72 Å². The number of rotatable bonds is 5. The first-order valence-corrected chi connectivity index (χ1v) is 13.7. The normalized spacial score (nSPS) is 12.5. The van der Waals surface area contributed by atoms with E-state index in [9.17, 15) is 8.42 Å². The van der Waals surface area contributed by atoms with Crippen LogP contribution < -0.4 is 5.73 Å². The van der Waals surface area contributed by atoms with Gasteiger partial charge in [-0.3, -0.25) is 0 Å². The molecule has 3 aromatic carbocycles. The van der Waals surface area contributed by atoms with Crippen LogP contribution in [0.2, 0.25) is 0 Å². The molecule has 31 heavy (non-hydrogen) atoms. The number of halogens is 1. The van der Waals surface area contributed by atoms with Gasteiger partial charge in [0, 0.05) is 12.3 Å². The second-order valence-electron chi connectivity index (χ2n) is 7.30. The van der Waals surface area contributed by atoms with Gasteiger partial charge < -0.3 is 10.5 Å². The van der Waals surface area contributed by atoms with Crippen LogP contribution in [0.5, 0.6) is 0 Å². The summed E-state index contributed by atoms with van der Waals surface area (Å²) in [6.07, 6.45) is 1.08. The Balaban J connectivity index is 0.000000365. The van der Waals surface area contributed by atoms with E-state index < -0.39 is 22.1 Å². The molecular formula is C24H29ClN2O2RuS. The monoisotopic (exact) mass is 546 g/mol. The van der Waals surface area contributed by atoms with Crippen molar-refractivity contribution in [2.24, 2.45) is 5.73 Å². The molecule has 0 radical (unpaired) electrons. The molecule has 3 rings (SSSR count). The van der Waals surface area contributed by atoms with Crippen LogP contribution in [-0.4, -0.2) is 14.7 Å². The average molecular weight is 546 g/mol. The van der Waals surface area contributed by atoms with Crippen LogP contribution in [-0.2, 0) is 27.3 Å². The number of nitrogens with zero attached hydrogens (tertiary/aromatic N) is 1. The Labute approximate surface area is 201 Å². The molecule has 0 unspecified atom stereocenters. The fourth-order valence-electron chi connectivity index (χ4n) is 3.25. The number of aryl methyl sites for hydroxylation is 3. The second-order valence-corrected chi connectivity index (χ2v) is 8.97. The van der Waals surface area contributed by atoms with Crippen molar-refractivity contribution < 1.29 is 25.7 Å². The average Bonchev–Trinajstić information content (AvgIpc) is 2.73. The fraction of sp³-hybridized carbons (Fsp3) is 0.250. The van der Waals surface area contributed by atoms with Crippen molar-refractivity contribution in [2.45, 2.75) is 32.9 Å². The summed E-state index contributed by atoms with van der Waals surface area (Å²) in [5.41, 5.74) is 11.9. The van der Waals surface area contributed by atoms with Gasteiger partial charge in [0.05, 0.1) is 10.0 Å². The molecular weight excluding hydrogens is 517 g/mol. The predicted octanol–water partition coefficient (Wildman–Crippen LogP) is 6.06. The van der Waals surface area contributed by atoms with Crippen molar-refractivity contribution in [3.05, 3.63) is 111 Å². The molecule has 2 atom stereocenters. The first-order valence-electron chi connectivity index (χ1n) is 9.61. The molecule has 0 aliphatic rings. The minimum absolute atomic E-state index is 0.506. The third-order valence-corrected chi connectivity index (χ3v) is 4.95. The molecule has 2 N–H and O–H groups in total. The Kier molecular flexibility index (Phi) is 12.2. The van der Waals surface area contributed by atoms with E-state index in [2.05, 4.69) is 53.4 Å². The molecule has 0 aliphatic heterocycles. The maximum atomic E-state index is 11.5. The number of hydrogen-bond acceptors (Lipinski definition) is 3. The van der Waals surface area contributed by atoms with Crippen LogP contribution >= 0.6 is 9.69 Å². The number of hydrogen-bond donors (Lipinski definition) is 1. The molecule has 0 aliphatic carbocycles. The Hall–Kier alpha value is -1.56. The molecule has 168 valence electrons. The Morgan fingerprint density at radius 2 is 1.13 bits per heavy atom. The summed E-state index contributed by atoms with van der Waals surface area (Å²) in [6.45, 7) is 6.38. The summed E-state index contributed by atoms with van der Waals surface area (Å²) in [4.78, 5) is 0. The number of sulfonamides is 1. The van der Waals surface area contributed by atoms with Crippen molar-refractivity contribution in [1.29, 1.82) is 0 Å². The molecule has 4 nitrogen and oxygen atoms in total. The SMILES string of the molecule is CS(=O)(=O)[N-][C@@H](c1ccccc1)[C@@H](N)c1ccccc1.Cc1cc(C)cc(C)c1.[Cl][Ru+]. The summed E-state index contributed by atoms with van der Waals surface area (Å²) >= 11 is 1.82. The second kappa shape index (κ2) is 13.8. The molecule has 0 bridgehead atoms. The zero-order valence-electron chi connectivity index (χ0n) is 18.1. The summed E-state index contributed by atoms with van der Waals surface area (Å²) < 4.78 is 27.0. The minimum atomic E-state index is -3.48. The molecule has 7 heteroatoms. The zero-order valence-corrected chi connectivity index (χ0v) is 21.5. The van der Waals surface area contributed by atoms with Gasteiger partial charge in [-0.2, -0.15) is 0 Å². The standard InChI is InChI=1S/C15H17N2O2S.C9H12.ClH.Ru/c1-20(18,19)17-15(13-10-6-3-7-11-13)14(16)12-8-4-2-5-9-12;1-7-4-8(2)6-9(3)5-7;;/h2-11,14-15H,16H2,1H3;4-6H,1-3H3;1H;/q-1;;;+2/p-1/t14-,15-;;;/m0.../s1. The van der Waals surface area contributed by atoms with Crippen LogP contribution in [0, 0.1) is 20.8 Å². The van der Waals surface area contributed by atoms with Crippen molar-refractivity contribution in [3.63, 3.8) is 0 Å². The van der Waals surface area contributed by atoms with E-state index in [4.69, 9.17) is 5.73 Å². The van der Waals surface area contributed by atoms with Gasteiger partial charge in [0.1, 0.15) is 0 Å². The van der Waals surface area contributed by atoms with Gasteiger partial charge in [-0.15, -0.1) is 0 Å². The number of benzene rings is 3. The van der Waals surface area contributed by atoms with Crippen molar-refractivity contribution in [3.8, 4) is 0 Å². The Morgan fingerprint density at radius 1 is 0.774 bits per heavy atom. The molecule has 0 saturated carbocycles. The molecule has 0 heterocycles. The van der Waals surface area contributed by atoms with Gasteiger partial charge >= 0.3 is 27.0 Å². The molecule has 0 aromatic heterocycles. The number of nitrogens with two attached hydrogens (primary N) is 1. The zero-order chi connectivity index (χ0) is 23.4. The Bertz CT molecular complexity index is 966. The van der Waals surface area contributed by atoms with E-state index in [1.54, 1.807) is 0 Å². The maximum absolute atomic E-state index is 11.5. The van der Waals surface area contributed by atoms with E-state index >= 15 is 0 Å². The van der Waals surface area contributed by atoms with E-state index in [-0.39, 0.29) is 0 Å². The van der Waals surface area contributed by atoms with Crippen molar-refractivity contribution >= 4 is 19.7 Å². The van der Waals surface area contributed by atoms with E-state index in [1.807, 2.05) is 78.0 Å². The summed E-state index contributed by atoms with van der Waals surface area (Å²) in [6, 6.07) is 24.1.